The van der Waals surface area contributed by atoms with Crippen molar-refractivity contribution in [2.45, 2.75) is 12.3 Å². The maximum atomic E-state index is 5.57. The van der Waals surface area contributed by atoms with Gasteiger partial charge in [-0.3, -0.25) is 9.98 Å². The average Bonchev–Trinajstić information content (AvgIpc) is 3.13. The molecule has 3 rings (SSSR count). The highest BCUT2D eigenvalue weighted by atomic mass is 16.5. The molecule has 1 unspecified atom stereocenters. The Kier molecular flexibility index (Phi) is 4.76. The number of pyridine rings is 1. The Morgan fingerprint density at radius 3 is 2.74 bits per heavy atom. The molecule has 0 aliphatic carbocycles. The first-order valence-electron chi connectivity index (χ1n) is 7.72. The summed E-state index contributed by atoms with van der Waals surface area (Å²) in [6, 6.07) is 11.8. The molecule has 1 aliphatic rings. The zero-order chi connectivity index (χ0) is 16.1. The van der Waals surface area contributed by atoms with Crippen molar-refractivity contribution in [3.8, 4) is 11.5 Å². The fraction of sp³-hybridized carbons (Fsp3) is 0.333. The number of methoxy groups -OCH3 is 2. The standard InChI is InChI=1S/C18H21N3O2/c1-22-13-6-7-17(23-2)15(11-13)14(12-18-20-9-10-21-18)16-5-3-4-8-19-16/h3-8,11,14H,9-10,12H2,1-2H3,(H,20,21). The summed E-state index contributed by atoms with van der Waals surface area (Å²) >= 11 is 0. The minimum absolute atomic E-state index is 0.0607. The number of nitrogens with one attached hydrogen (secondary N) is 1. The second kappa shape index (κ2) is 7.13. The number of ether oxygens (including phenoxy) is 2. The van der Waals surface area contributed by atoms with Gasteiger partial charge in [-0.1, -0.05) is 6.07 Å². The summed E-state index contributed by atoms with van der Waals surface area (Å²) < 4.78 is 11.0. The second-order valence-corrected chi connectivity index (χ2v) is 5.37. The molecule has 0 fully saturated rings. The quantitative estimate of drug-likeness (QED) is 0.891. The van der Waals surface area contributed by atoms with E-state index in [0.29, 0.717) is 0 Å². The SMILES string of the molecule is COc1ccc(OC)c(C(CC2=NCCN2)c2ccccn2)c1. The lowest BCUT2D eigenvalue weighted by molar-refractivity contribution is 0.397. The van der Waals surface area contributed by atoms with Crippen LogP contribution in [0.1, 0.15) is 23.6 Å². The molecule has 0 spiro atoms. The molecule has 0 amide bonds. The average molecular weight is 311 g/mol. The Balaban J connectivity index is 2.03. The molecule has 120 valence electrons. The Labute approximate surface area is 136 Å². The molecule has 0 saturated carbocycles. The third-order valence-electron chi connectivity index (χ3n) is 4.00. The smallest absolute Gasteiger partial charge is 0.123 e. The fourth-order valence-electron chi connectivity index (χ4n) is 2.84. The van der Waals surface area contributed by atoms with E-state index >= 15 is 0 Å². The highest BCUT2D eigenvalue weighted by molar-refractivity contribution is 5.84. The maximum Gasteiger partial charge on any atom is 0.123 e. The molecule has 1 N–H and O–H groups in total. The van der Waals surface area contributed by atoms with E-state index in [9.17, 15) is 0 Å². The number of aromatic nitrogens is 1. The van der Waals surface area contributed by atoms with Crippen molar-refractivity contribution in [2.24, 2.45) is 4.99 Å². The Morgan fingerprint density at radius 2 is 2.09 bits per heavy atom. The summed E-state index contributed by atoms with van der Waals surface area (Å²) in [5.41, 5.74) is 2.05. The van der Waals surface area contributed by atoms with Crippen LogP contribution in [0.25, 0.3) is 0 Å². The molecule has 1 aliphatic heterocycles. The summed E-state index contributed by atoms with van der Waals surface area (Å²) in [6.07, 6.45) is 2.58. The lowest BCUT2D eigenvalue weighted by Gasteiger charge is -2.20. The minimum Gasteiger partial charge on any atom is -0.497 e. The molecule has 2 aromatic rings. The lowest BCUT2D eigenvalue weighted by atomic mass is 9.90. The van der Waals surface area contributed by atoms with Crippen molar-refractivity contribution in [3.63, 3.8) is 0 Å². The van der Waals surface area contributed by atoms with E-state index in [1.165, 1.54) is 0 Å². The Bertz CT molecular complexity index is 686. The molecule has 0 bridgehead atoms. The third-order valence-corrected chi connectivity index (χ3v) is 4.00. The number of rotatable bonds is 6. The van der Waals surface area contributed by atoms with Gasteiger partial charge in [-0.25, -0.2) is 0 Å². The van der Waals surface area contributed by atoms with Gasteiger partial charge in [-0.2, -0.15) is 0 Å². The number of nitrogens with zero attached hydrogens (tertiary/aromatic N) is 2. The Hall–Kier alpha value is -2.56. The molecule has 0 radical (unpaired) electrons. The monoisotopic (exact) mass is 311 g/mol. The topological polar surface area (TPSA) is 55.7 Å². The van der Waals surface area contributed by atoms with Crippen LogP contribution in [-0.4, -0.2) is 38.1 Å². The van der Waals surface area contributed by atoms with Gasteiger partial charge >= 0.3 is 0 Å². The lowest BCUT2D eigenvalue weighted by Crippen LogP contribution is -2.22. The highest BCUT2D eigenvalue weighted by Crippen LogP contribution is 2.36. The molecular weight excluding hydrogens is 290 g/mol. The molecule has 1 atom stereocenters. The first-order valence-corrected chi connectivity index (χ1v) is 7.72. The van der Waals surface area contributed by atoms with Crippen LogP contribution >= 0.6 is 0 Å². The van der Waals surface area contributed by atoms with Crippen LogP contribution in [0, 0.1) is 0 Å². The van der Waals surface area contributed by atoms with Gasteiger partial charge < -0.3 is 14.8 Å². The predicted octanol–water partition coefficient (Wildman–Crippen LogP) is 2.62. The van der Waals surface area contributed by atoms with E-state index in [1.807, 2.05) is 42.6 Å². The largest absolute Gasteiger partial charge is 0.497 e. The molecule has 1 aromatic heterocycles. The molecule has 2 heterocycles. The summed E-state index contributed by atoms with van der Waals surface area (Å²) in [5.74, 6) is 2.72. The van der Waals surface area contributed by atoms with Crippen molar-refractivity contribution in [1.29, 1.82) is 0 Å². The third kappa shape index (κ3) is 3.44. The fourth-order valence-corrected chi connectivity index (χ4v) is 2.84. The van der Waals surface area contributed by atoms with Gasteiger partial charge in [0.25, 0.3) is 0 Å². The van der Waals surface area contributed by atoms with Gasteiger partial charge in [-0.05, 0) is 30.3 Å². The molecule has 23 heavy (non-hydrogen) atoms. The number of hydrogen-bond acceptors (Lipinski definition) is 5. The van der Waals surface area contributed by atoms with Gasteiger partial charge in [0.2, 0.25) is 0 Å². The van der Waals surface area contributed by atoms with Gasteiger partial charge in [-0.15, -0.1) is 0 Å². The first kappa shape index (κ1) is 15.3. The first-order chi connectivity index (χ1) is 11.3. The van der Waals surface area contributed by atoms with Crippen LogP contribution in [0.5, 0.6) is 11.5 Å². The molecule has 5 heteroatoms. The number of aliphatic imine (C=N–C) groups is 1. The van der Waals surface area contributed by atoms with E-state index in [1.54, 1.807) is 14.2 Å². The summed E-state index contributed by atoms with van der Waals surface area (Å²) in [4.78, 5) is 9.08. The summed E-state index contributed by atoms with van der Waals surface area (Å²) in [6.45, 7) is 1.74. The molecule has 5 nitrogen and oxygen atoms in total. The van der Waals surface area contributed by atoms with Gasteiger partial charge in [0.15, 0.2) is 0 Å². The van der Waals surface area contributed by atoms with Crippen LogP contribution in [0.2, 0.25) is 0 Å². The van der Waals surface area contributed by atoms with Gasteiger partial charge in [0, 0.05) is 36.3 Å². The number of amidine groups is 1. The van der Waals surface area contributed by atoms with Crippen molar-refractivity contribution < 1.29 is 9.47 Å². The van der Waals surface area contributed by atoms with Crippen LogP contribution in [0.3, 0.4) is 0 Å². The number of hydrogen-bond donors (Lipinski definition) is 1. The van der Waals surface area contributed by atoms with E-state index in [-0.39, 0.29) is 5.92 Å². The summed E-state index contributed by atoms with van der Waals surface area (Å²) in [5, 5.41) is 3.34. The van der Waals surface area contributed by atoms with Crippen LogP contribution in [-0.2, 0) is 0 Å². The summed E-state index contributed by atoms with van der Waals surface area (Å²) in [7, 11) is 3.36. The van der Waals surface area contributed by atoms with Gasteiger partial charge in [0.1, 0.15) is 11.5 Å². The highest BCUT2D eigenvalue weighted by Gasteiger charge is 2.23. The van der Waals surface area contributed by atoms with Gasteiger partial charge in [0.05, 0.1) is 26.6 Å². The van der Waals surface area contributed by atoms with Crippen LogP contribution in [0.4, 0.5) is 0 Å². The van der Waals surface area contributed by atoms with Crippen molar-refractivity contribution in [1.82, 2.24) is 10.3 Å². The second-order valence-electron chi connectivity index (χ2n) is 5.37. The van der Waals surface area contributed by atoms with Crippen molar-refractivity contribution >= 4 is 5.84 Å². The van der Waals surface area contributed by atoms with Crippen LogP contribution < -0.4 is 14.8 Å². The molecular formula is C18H21N3O2. The zero-order valence-corrected chi connectivity index (χ0v) is 13.5. The Morgan fingerprint density at radius 1 is 1.17 bits per heavy atom. The van der Waals surface area contributed by atoms with E-state index in [4.69, 9.17) is 9.47 Å². The molecule has 0 saturated heterocycles. The zero-order valence-electron chi connectivity index (χ0n) is 13.5. The van der Waals surface area contributed by atoms with E-state index < -0.39 is 0 Å². The molecule has 1 aromatic carbocycles. The van der Waals surface area contributed by atoms with Crippen LogP contribution in [0.15, 0.2) is 47.6 Å². The van der Waals surface area contributed by atoms with E-state index in [0.717, 1.165) is 48.1 Å². The van der Waals surface area contributed by atoms with E-state index in [2.05, 4.69) is 15.3 Å². The normalized spacial score (nSPS) is 14.8. The maximum absolute atomic E-state index is 5.57. The number of benzene rings is 1. The van der Waals surface area contributed by atoms with Crippen molar-refractivity contribution in [2.75, 3.05) is 27.3 Å². The minimum atomic E-state index is 0.0607. The predicted molar refractivity (Wildman–Crippen MR) is 90.5 cm³/mol. The van der Waals surface area contributed by atoms with Crippen molar-refractivity contribution in [3.05, 3.63) is 53.9 Å².